The minimum Gasteiger partial charge on any atom is -0.496 e. The first-order chi connectivity index (χ1) is 6.57. The van der Waals surface area contributed by atoms with Gasteiger partial charge in [0.15, 0.2) is 5.56 Å². The number of primary amides is 1. The molecule has 0 bridgehead atoms. The first-order valence-corrected chi connectivity index (χ1v) is 3.69. The van der Waals surface area contributed by atoms with Gasteiger partial charge in [0.2, 0.25) is 0 Å². The van der Waals surface area contributed by atoms with Gasteiger partial charge in [-0.25, -0.2) is 0 Å². The van der Waals surface area contributed by atoms with Crippen molar-refractivity contribution in [3.05, 3.63) is 33.9 Å². The average molecular weight is 196 g/mol. The van der Waals surface area contributed by atoms with E-state index in [0.29, 0.717) is 0 Å². The number of ether oxygens (including phenoxy) is 1. The quantitative estimate of drug-likeness (QED) is 0.568. The molecule has 0 saturated carbocycles. The molecular weight excluding hydrogens is 188 g/mol. The second-order valence-corrected chi connectivity index (χ2v) is 2.48. The van der Waals surface area contributed by atoms with Gasteiger partial charge in [-0.15, -0.1) is 0 Å². The maximum absolute atomic E-state index is 10.9. The second-order valence-electron chi connectivity index (χ2n) is 2.48. The van der Waals surface area contributed by atoms with E-state index in [4.69, 9.17) is 10.5 Å². The van der Waals surface area contributed by atoms with Crippen LogP contribution in [0.4, 0.5) is 5.69 Å². The van der Waals surface area contributed by atoms with Crippen LogP contribution in [-0.2, 0) is 0 Å². The summed E-state index contributed by atoms with van der Waals surface area (Å²) >= 11 is 0. The van der Waals surface area contributed by atoms with E-state index < -0.39 is 10.8 Å². The summed E-state index contributed by atoms with van der Waals surface area (Å²) in [6.07, 6.45) is 0. The van der Waals surface area contributed by atoms with Gasteiger partial charge in [0.1, 0.15) is 5.75 Å². The smallest absolute Gasteiger partial charge is 0.285 e. The number of hydrogen-bond donors (Lipinski definition) is 1. The average Bonchev–Trinajstić information content (AvgIpc) is 2.16. The van der Waals surface area contributed by atoms with Crippen LogP contribution >= 0.6 is 0 Å². The molecule has 74 valence electrons. The molecule has 0 aliphatic rings. The van der Waals surface area contributed by atoms with E-state index in [9.17, 15) is 14.9 Å². The summed E-state index contributed by atoms with van der Waals surface area (Å²) in [6, 6.07) is 4.05. The van der Waals surface area contributed by atoms with E-state index in [1.54, 1.807) is 0 Å². The molecule has 6 nitrogen and oxygen atoms in total. The van der Waals surface area contributed by atoms with Crippen molar-refractivity contribution in [3.63, 3.8) is 0 Å². The monoisotopic (exact) mass is 196 g/mol. The molecule has 1 aromatic rings. The molecule has 0 saturated heterocycles. The Bertz CT molecular complexity index is 389. The molecule has 14 heavy (non-hydrogen) atoms. The van der Waals surface area contributed by atoms with Gasteiger partial charge in [-0.1, -0.05) is 6.07 Å². The number of rotatable bonds is 3. The van der Waals surface area contributed by atoms with Crippen LogP contribution in [0.3, 0.4) is 0 Å². The maximum atomic E-state index is 10.9. The van der Waals surface area contributed by atoms with E-state index in [1.165, 1.54) is 25.3 Å². The van der Waals surface area contributed by atoms with Gasteiger partial charge < -0.3 is 10.5 Å². The molecule has 0 aromatic heterocycles. The van der Waals surface area contributed by atoms with Gasteiger partial charge in [-0.3, -0.25) is 14.9 Å². The van der Waals surface area contributed by atoms with Gasteiger partial charge in [0, 0.05) is 6.07 Å². The Morgan fingerprint density at radius 1 is 1.57 bits per heavy atom. The highest BCUT2D eigenvalue weighted by molar-refractivity contribution is 5.99. The first-order valence-electron chi connectivity index (χ1n) is 3.69. The zero-order valence-corrected chi connectivity index (χ0v) is 7.39. The Morgan fingerprint density at radius 2 is 2.21 bits per heavy atom. The highest BCUT2D eigenvalue weighted by Crippen LogP contribution is 2.27. The number of hydrogen-bond acceptors (Lipinski definition) is 4. The number of methoxy groups -OCH3 is 1. The fourth-order valence-electron chi connectivity index (χ4n) is 1.09. The summed E-state index contributed by atoms with van der Waals surface area (Å²) in [5.74, 6) is -0.777. The summed E-state index contributed by atoms with van der Waals surface area (Å²) in [6.45, 7) is 0. The normalized spacial score (nSPS) is 9.50. The molecule has 0 unspecified atom stereocenters. The van der Waals surface area contributed by atoms with E-state index >= 15 is 0 Å². The van der Waals surface area contributed by atoms with Gasteiger partial charge in [0.05, 0.1) is 12.0 Å². The van der Waals surface area contributed by atoms with Crippen LogP contribution in [0.1, 0.15) is 10.4 Å². The number of nitrogens with zero attached hydrogens (tertiary/aromatic N) is 1. The topological polar surface area (TPSA) is 95.5 Å². The molecule has 1 amide bonds. The van der Waals surface area contributed by atoms with Crippen LogP contribution in [0.15, 0.2) is 18.2 Å². The first kappa shape index (κ1) is 9.97. The number of nitro groups is 1. The van der Waals surface area contributed by atoms with Gasteiger partial charge >= 0.3 is 0 Å². The van der Waals surface area contributed by atoms with Crippen LogP contribution in [0, 0.1) is 10.1 Å². The summed E-state index contributed by atoms with van der Waals surface area (Å²) < 4.78 is 4.79. The fraction of sp³-hybridized carbons (Fsp3) is 0.125. The van der Waals surface area contributed by atoms with Crippen LogP contribution in [0.2, 0.25) is 0 Å². The van der Waals surface area contributed by atoms with Crippen molar-refractivity contribution in [1.29, 1.82) is 0 Å². The van der Waals surface area contributed by atoms with E-state index in [2.05, 4.69) is 0 Å². The van der Waals surface area contributed by atoms with Crippen LogP contribution in [-0.4, -0.2) is 17.9 Å². The highest BCUT2D eigenvalue weighted by atomic mass is 16.6. The SMILES string of the molecule is COc1cccc([N+](=O)[O-])c1C(N)=O. The minimum atomic E-state index is -0.880. The van der Waals surface area contributed by atoms with Crippen molar-refractivity contribution in [3.8, 4) is 5.75 Å². The third kappa shape index (κ3) is 1.63. The number of amides is 1. The molecule has 0 spiro atoms. The Morgan fingerprint density at radius 3 is 2.64 bits per heavy atom. The molecule has 0 aliphatic carbocycles. The number of carbonyl (C=O) groups excluding carboxylic acids is 1. The molecule has 0 aliphatic heterocycles. The number of carbonyl (C=O) groups is 1. The minimum absolute atomic E-state index is 0.103. The number of nitrogens with two attached hydrogens (primary N) is 1. The van der Waals surface area contributed by atoms with Crippen molar-refractivity contribution in [2.45, 2.75) is 0 Å². The van der Waals surface area contributed by atoms with Gasteiger partial charge in [-0.05, 0) is 6.07 Å². The molecule has 1 aromatic carbocycles. The van der Waals surface area contributed by atoms with E-state index in [1.807, 2.05) is 0 Å². The summed E-state index contributed by atoms with van der Waals surface area (Å²) in [7, 11) is 1.31. The molecular formula is C8H8N2O4. The van der Waals surface area contributed by atoms with Crippen molar-refractivity contribution in [2.75, 3.05) is 7.11 Å². The lowest BCUT2D eigenvalue weighted by molar-refractivity contribution is -0.385. The Balaban J connectivity index is 3.43. The zero-order valence-electron chi connectivity index (χ0n) is 7.39. The molecule has 0 radical (unpaired) electrons. The molecule has 1 rings (SSSR count). The lowest BCUT2D eigenvalue weighted by atomic mass is 10.1. The predicted molar refractivity (Wildman–Crippen MR) is 48.2 cm³/mol. The van der Waals surface area contributed by atoms with Crippen LogP contribution < -0.4 is 10.5 Å². The van der Waals surface area contributed by atoms with Crippen LogP contribution in [0.25, 0.3) is 0 Å². The largest absolute Gasteiger partial charge is 0.496 e. The number of benzene rings is 1. The summed E-state index contributed by atoms with van der Waals surface area (Å²) in [4.78, 5) is 20.8. The predicted octanol–water partition coefficient (Wildman–Crippen LogP) is 0.702. The second kappa shape index (κ2) is 3.73. The van der Waals surface area contributed by atoms with Crippen molar-refractivity contribution >= 4 is 11.6 Å². The third-order valence-electron chi connectivity index (χ3n) is 1.67. The standard InChI is InChI=1S/C8H8N2O4/c1-14-6-4-2-3-5(10(12)13)7(6)8(9)11/h2-4H,1H3,(H2,9,11). The van der Waals surface area contributed by atoms with Crippen molar-refractivity contribution in [2.24, 2.45) is 5.73 Å². The van der Waals surface area contributed by atoms with Gasteiger partial charge in [-0.2, -0.15) is 0 Å². The van der Waals surface area contributed by atoms with Crippen molar-refractivity contribution in [1.82, 2.24) is 0 Å². The molecule has 0 heterocycles. The van der Waals surface area contributed by atoms with E-state index in [-0.39, 0.29) is 17.0 Å². The zero-order chi connectivity index (χ0) is 10.7. The molecule has 2 N–H and O–H groups in total. The molecule has 6 heteroatoms. The summed E-state index contributed by atoms with van der Waals surface area (Å²) in [5, 5.41) is 10.5. The van der Waals surface area contributed by atoms with E-state index in [0.717, 1.165) is 0 Å². The molecule has 0 atom stereocenters. The van der Waals surface area contributed by atoms with Crippen molar-refractivity contribution < 1.29 is 14.5 Å². The molecule has 0 fully saturated rings. The Hall–Kier alpha value is -2.11. The highest BCUT2D eigenvalue weighted by Gasteiger charge is 2.22. The lowest BCUT2D eigenvalue weighted by Gasteiger charge is -2.04. The van der Waals surface area contributed by atoms with Gasteiger partial charge in [0.25, 0.3) is 11.6 Å². The Kier molecular flexibility index (Phi) is 2.66. The third-order valence-corrected chi connectivity index (χ3v) is 1.67. The maximum Gasteiger partial charge on any atom is 0.285 e. The van der Waals surface area contributed by atoms with Crippen LogP contribution in [0.5, 0.6) is 5.75 Å². The Labute approximate surface area is 79.4 Å². The summed E-state index contributed by atoms with van der Waals surface area (Å²) in [5.41, 5.74) is 4.45. The fourth-order valence-corrected chi connectivity index (χ4v) is 1.09. The number of nitro benzene ring substituents is 1. The lowest BCUT2D eigenvalue weighted by Crippen LogP contribution is -2.14.